The normalized spacial score (nSPS) is 41.8. The van der Waals surface area contributed by atoms with Gasteiger partial charge in [-0.15, -0.1) is 0 Å². The van der Waals surface area contributed by atoms with Crippen LogP contribution in [0.3, 0.4) is 0 Å². The highest BCUT2D eigenvalue weighted by atomic mass is 14.8. The average Bonchev–Trinajstić information content (AvgIpc) is 2.30. The van der Waals surface area contributed by atoms with Crippen molar-refractivity contribution in [2.75, 3.05) is 13.1 Å². The Labute approximate surface area is 113 Å². The summed E-state index contributed by atoms with van der Waals surface area (Å²) in [4.78, 5) is 0. The van der Waals surface area contributed by atoms with Gasteiger partial charge >= 0.3 is 0 Å². The van der Waals surface area contributed by atoms with Crippen molar-refractivity contribution in [3.05, 3.63) is 0 Å². The Kier molecular flexibility index (Phi) is 3.98. The fourth-order valence-electron chi connectivity index (χ4n) is 5.29. The van der Waals surface area contributed by atoms with Crippen molar-refractivity contribution in [2.45, 2.75) is 58.8 Å². The first-order chi connectivity index (χ1) is 8.72. The molecule has 1 heteroatoms. The van der Waals surface area contributed by atoms with Gasteiger partial charge in [0.2, 0.25) is 0 Å². The lowest BCUT2D eigenvalue weighted by Crippen LogP contribution is -2.45. The van der Waals surface area contributed by atoms with Crippen molar-refractivity contribution in [1.29, 1.82) is 0 Å². The molecule has 0 unspecified atom stereocenters. The molecule has 18 heavy (non-hydrogen) atoms. The minimum atomic E-state index is 0.846. The Balaban J connectivity index is 1.41. The van der Waals surface area contributed by atoms with Gasteiger partial charge in [-0.25, -0.2) is 0 Å². The summed E-state index contributed by atoms with van der Waals surface area (Å²) in [5.41, 5.74) is 0. The van der Waals surface area contributed by atoms with Gasteiger partial charge in [-0.05, 0) is 93.5 Å². The molecular formula is C17H31N. The molecular weight excluding hydrogens is 218 g/mol. The van der Waals surface area contributed by atoms with Crippen LogP contribution in [0.25, 0.3) is 0 Å². The molecule has 1 nitrogen and oxygen atoms in total. The maximum atomic E-state index is 3.68. The summed E-state index contributed by atoms with van der Waals surface area (Å²) >= 11 is 0. The smallest absolute Gasteiger partial charge is 0.00461 e. The summed E-state index contributed by atoms with van der Waals surface area (Å²) in [7, 11) is 0. The van der Waals surface area contributed by atoms with E-state index in [1.807, 2.05) is 0 Å². The zero-order valence-corrected chi connectivity index (χ0v) is 12.3. The highest BCUT2D eigenvalue weighted by molar-refractivity contribution is 4.98. The Morgan fingerprint density at radius 1 is 0.889 bits per heavy atom. The molecule has 0 spiro atoms. The van der Waals surface area contributed by atoms with E-state index in [2.05, 4.69) is 19.2 Å². The van der Waals surface area contributed by atoms with Crippen molar-refractivity contribution in [2.24, 2.45) is 35.5 Å². The predicted molar refractivity (Wildman–Crippen MR) is 77.5 cm³/mol. The van der Waals surface area contributed by atoms with E-state index in [0.29, 0.717) is 0 Å². The van der Waals surface area contributed by atoms with Gasteiger partial charge in [-0.2, -0.15) is 0 Å². The van der Waals surface area contributed by atoms with Crippen molar-refractivity contribution in [1.82, 2.24) is 5.32 Å². The van der Waals surface area contributed by atoms with Gasteiger partial charge < -0.3 is 5.32 Å². The van der Waals surface area contributed by atoms with Crippen LogP contribution in [0.4, 0.5) is 0 Å². The Bertz CT molecular complexity index is 243. The summed E-state index contributed by atoms with van der Waals surface area (Å²) in [5, 5.41) is 3.68. The topological polar surface area (TPSA) is 12.0 Å². The van der Waals surface area contributed by atoms with E-state index < -0.39 is 0 Å². The highest BCUT2D eigenvalue weighted by Crippen LogP contribution is 2.57. The van der Waals surface area contributed by atoms with E-state index in [4.69, 9.17) is 0 Å². The number of hydrogen-bond acceptors (Lipinski definition) is 1. The molecule has 1 N–H and O–H groups in total. The molecule has 4 rings (SSSR count). The molecule has 0 aliphatic heterocycles. The molecule has 4 bridgehead atoms. The summed E-state index contributed by atoms with van der Waals surface area (Å²) in [6.45, 7) is 7.14. The summed E-state index contributed by atoms with van der Waals surface area (Å²) in [6, 6.07) is 0. The zero-order chi connectivity index (χ0) is 12.5. The third kappa shape index (κ3) is 2.76. The van der Waals surface area contributed by atoms with E-state index in [1.54, 1.807) is 32.1 Å². The highest BCUT2D eigenvalue weighted by Gasteiger charge is 2.47. The van der Waals surface area contributed by atoms with E-state index >= 15 is 0 Å². The van der Waals surface area contributed by atoms with Crippen LogP contribution in [-0.2, 0) is 0 Å². The molecule has 0 saturated heterocycles. The van der Waals surface area contributed by atoms with Crippen LogP contribution in [0.1, 0.15) is 58.8 Å². The minimum Gasteiger partial charge on any atom is -0.317 e. The standard InChI is InChI=1S/C17H31N/c1-12(2)3-5-18-6-4-17-15-8-13-7-14(10-15)11-16(17)9-13/h12-18H,3-11H2,1-2H3. The second kappa shape index (κ2) is 5.53. The zero-order valence-electron chi connectivity index (χ0n) is 12.3. The lowest BCUT2D eigenvalue weighted by molar-refractivity contribution is -0.0392. The van der Waals surface area contributed by atoms with Gasteiger partial charge in [-0.1, -0.05) is 13.8 Å². The maximum Gasteiger partial charge on any atom is -0.00461 e. The Morgan fingerprint density at radius 3 is 2.06 bits per heavy atom. The van der Waals surface area contributed by atoms with Crippen molar-refractivity contribution < 1.29 is 0 Å². The lowest BCUT2D eigenvalue weighted by atomic mass is 9.51. The first-order valence-electron chi connectivity index (χ1n) is 8.43. The number of nitrogens with one attached hydrogen (secondary N) is 1. The molecule has 4 fully saturated rings. The van der Waals surface area contributed by atoms with Gasteiger partial charge in [0.15, 0.2) is 0 Å². The summed E-state index contributed by atoms with van der Waals surface area (Å²) in [6.07, 6.45) is 10.7. The van der Waals surface area contributed by atoms with Crippen molar-refractivity contribution in [3.63, 3.8) is 0 Å². The molecule has 4 aliphatic rings. The molecule has 0 aromatic heterocycles. The predicted octanol–water partition coefficient (Wildman–Crippen LogP) is 4.08. The molecule has 0 atom stereocenters. The van der Waals surface area contributed by atoms with Gasteiger partial charge in [0.25, 0.3) is 0 Å². The number of hydrogen-bond donors (Lipinski definition) is 1. The van der Waals surface area contributed by atoms with Crippen LogP contribution in [0.15, 0.2) is 0 Å². The van der Waals surface area contributed by atoms with Crippen LogP contribution in [0, 0.1) is 35.5 Å². The van der Waals surface area contributed by atoms with Crippen molar-refractivity contribution in [3.8, 4) is 0 Å². The van der Waals surface area contributed by atoms with E-state index in [1.165, 1.54) is 25.9 Å². The molecule has 0 aromatic carbocycles. The average molecular weight is 249 g/mol. The van der Waals surface area contributed by atoms with Crippen LogP contribution < -0.4 is 5.32 Å². The fraction of sp³-hybridized carbons (Fsp3) is 1.00. The van der Waals surface area contributed by atoms with E-state index in [9.17, 15) is 0 Å². The van der Waals surface area contributed by atoms with Crippen LogP contribution in [0.2, 0.25) is 0 Å². The molecule has 104 valence electrons. The quantitative estimate of drug-likeness (QED) is 0.699. The minimum absolute atomic E-state index is 0.846. The fourth-order valence-corrected chi connectivity index (χ4v) is 5.29. The Hall–Kier alpha value is -0.0400. The Morgan fingerprint density at radius 2 is 1.50 bits per heavy atom. The van der Waals surface area contributed by atoms with Gasteiger partial charge in [0, 0.05) is 0 Å². The molecule has 0 radical (unpaired) electrons. The molecule has 4 aliphatic carbocycles. The molecule has 4 saturated carbocycles. The first-order valence-corrected chi connectivity index (χ1v) is 8.43. The second-order valence-electron chi connectivity index (χ2n) is 7.82. The van der Waals surface area contributed by atoms with E-state index in [-0.39, 0.29) is 0 Å². The van der Waals surface area contributed by atoms with Gasteiger partial charge in [0.1, 0.15) is 0 Å². The SMILES string of the molecule is CC(C)CCNCCC1C2CC3CC(C2)CC1C3. The van der Waals surface area contributed by atoms with E-state index in [0.717, 1.165) is 35.5 Å². The largest absolute Gasteiger partial charge is 0.317 e. The summed E-state index contributed by atoms with van der Waals surface area (Å²) < 4.78 is 0. The number of rotatable bonds is 6. The molecule has 0 amide bonds. The third-order valence-corrected chi connectivity index (χ3v) is 5.97. The lowest BCUT2D eigenvalue weighted by Gasteiger charge is -2.54. The van der Waals surface area contributed by atoms with Crippen LogP contribution in [0.5, 0.6) is 0 Å². The van der Waals surface area contributed by atoms with Crippen LogP contribution >= 0.6 is 0 Å². The second-order valence-corrected chi connectivity index (χ2v) is 7.82. The third-order valence-electron chi connectivity index (χ3n) is 5.97. The van der Waals surface area contributed by atoms with Gasteiger partial charge in [0.05, 0.1) is 0 Å². The summed E-state index contributed by atoms with van der Waals surface area (Å²) in [5.74, 6) is 6.44. The maximum absolute atomic E-state index is 3.68. The first kappa shape index (κ1) is 13.0. The monoisotopic (exact) mass is 249 g/mol. The van der Waals surface area contributed by atoms with Crippen LogP contribution in [-0.4, -0.2) is 13.1 Å². The molecule has 0 aromatic rings. The van der Waals surface area contributed by atoms with Gasteiger partial charge in [-0.3, -0.25) is 0 Å². The van der Waals surface area contributed by atoms with Crippen molar-refractivity contribution >= 4 is 0 Å². The molecule has 0 heterocycles.